The largest absolute Gasteiger partial charge is 0.306 e. The van der Waals surface area contributed by atoms with Crippen LogP contribution >= 0.6 is 0 Å². The minimum Gasteiger partial charge on any atom is -0.306 e. The zero-order chi connectivity index (χ0) is 9.40. The molecule has 0 spiro atoms. The fraction of sp³-hybridized carbons (Fsp3) is 1.00. The van der Waals surface area contributed by atoms with Gasteiger partial charge < -0.3 is 4.90 Å². The Balaban J connectivity index is 0.000000202. The maximum Gasteiger partial charge on any atom is 0.231 e. The van der Waals surface area contributed by atoms with E-state index in [9.17, 15) is 8.78 Å². The van der Waals surface area contributed by atoms with Gasteiger partial charge in [0.25, 0.3) is 0 Å². The third-order valence-electron chi connectivity index (χ3n) is 1.74. The van der Waals surface area contributed by atoms with Gasteiger partial charge in [0, 0.05) is 0 Å². The lowest BCUT2D eigenvalue weighted by atomic mass is 9.78. The lowest BCUT2D eigenvalue weighted by Crippen LogP contribution is -2.10. The van der Waals surface area contributed by atoms with Crippen LogP contribution in [0.5, 0.6) is 0 Å². The van der Waals surface area contributed by atoms with Crippen molar-refractivity contribution in [2.24, 2.45) is 0 Å². The second-order valence-electron chi connectivity index (χ2n) is 3.05. The minimum atomic E-state index is -2.16. The van der Waals surface area contributed by atoms with Crippen molar-refractivity contribution >= 4 is 7.28 Å². The van der Waals surface area contributed by atoms with Gasteiger partial charge in [0.1, 0.15) is 7.28 Å². The maximum absolute atomic E-state index is 11.0. The summed E-state index contributed by atoms with van der Waals surface area (Å²) in [7, 11) is 3.62. The van der Waals surface area contributed by atoms with Crippen molar-refractivity contribution in [2.45, 2.75) is 32.4 Å². The number of hydrogen-bond acceptors (Lipinski definition) is 1. The molecule has 1 saturated heterocycles. The van der Waals surface area contributed by atoms with Gasteiger partial charge in [0.2, 0.25) is 6.43 Å². The van der Waals surface area contributed by atoms with Crippen molar-refractivity contribution in [3.63, 3.8) is 0 Å². The summed E-state index contributed by atoms with van der Waals surface area (Å²) in [6, 6.07) is 0. The molecule has 0 aromatic carbocycles. The van der Waals surface area contributed by atoms with Crippen LogP contribution in [0.1, 0.15) is 12.8 Å². The molecule has 1 heterocycles. The molecule has 71 valence electrons. The van der Waals surface area contributed by atoms with Gasteiger partial charge >= 0.3 is 0 Å². The van der Waals surface area contributed by atoms with Crippen LogP contribution in [0.25, 0.3) is 0 Å². The molecule has 4 heteroatoms. The summed E-state index contributed by atoms with van der Waals surface area (Å²) in [5, 5.41) is 0. The molecule has 0 atom stereocenters. The zero-order valence-electron chi connectivity index (χ0n) is 7.89. The summed E-state index contributed by atoms with van der Waals surface area (Å²) in [6.07, 6.45) is 0.586. The number of rotatable bonds is 2. The van der Waals surface area contributed by atoms with Crippen LogP contribution < -0.4 is 0 Å². The van der Waals surface area contributed by atoms with Crippen LogP contribution in [0, 0.1) is 0 Å². The first-order valence-corrected chi connectivity index (χ1v) is 4.41. The number of halogens is 2. The Morgan fingerprint density at radius 1 is 1.33 bits per heavy atom. The second kappa shape index (κ2) is 7.53. The first-order valence-electron chi connectivity index (χ1n) is 4.41. The summed E-state index contributed by atoms with van der Waals surface area (Å²) in [5.74, 6) is 0. The summed E-state index contributed by atoms with van der Waals surface area (Å²) >= 11 is 0. The molecule has 1 radical (unpaired) electrons. The average molecular weight is 176 g/mol. The highest BCUT2D eigenvalue weighted by molar-refractivity contribution is 6.33. The van der Waals surface area contributed by atoms with Gasteiger partial charge in [-0.3, -0.25) is 0 Å². The van der Waals surface area contributed by atoms with E-state index in [0.717, 1.165) is 0 Å². The van der Waals surface area contributed by atoms with Gasteiger partial charge in [-0.2, -0.15) is 0 Å². The van der Waals surface area contributed by atoms with Crippen LogP contribution in [0.3, 0.4) is 0 Å². The van der Waals surface area contributed by atoms with Crippen molar-refractivity contribution in [3.8, 4) is 0 Å². The van der Waals surface area contributed by atoms with E-state index in [2.05, 4.69) is 11.9 Å². The lowest BCUT2D eigenvalue weighted by molar-refractivity contribution is 0.171. The summed E-state index contributed by atoms with van der Waals surface area (Å²) in [5.41, 5.74) is 0. The summed E-state index contributed by atoms with van der Waals surface area (Å²) in [6.45, 7) is 4.26. The molecule has 0 N–H and O–H groups in total. The fourth-order valence-electron chi connectivity index (χ4n) is 1.05. The Labute approximate surface area is 74.4 Å². The van der Waals surface area contributed by atoms with E-state index in [4.69, 9.17) is 0 Å². The lowest BCUT2D eigenvalue weighted by Gasteiger charge is -2.01. The van der Waals surface area contributed by atoms with Crippen LogP contribution in [0.2, 0.25) is 13.1 Å². The van der Waals surface area contributed by atoms with Crippen LogP contribution in [0.15, 0.2) is 0 Å². The standard InChI is InChI=1S/C5H11N.C3H6BF2/c1-6-4-2-3-5-6;1-4-2-3(5)6/h2-5H2,1H3;3H,2H2,1H3. The number of nitrogens with zero attached hydrogens (tertiary/aromatic N) is 1. The van der Waals surface area contributed by atoms with Crippen molar-refractivity contribution in [1.29, 1.82) is 0 Å². The molecule has 0 amide bonds. The normalized spacial score (nSPS) is 17.4. The van der Waals surface area contributed by atoms with Gasteiger partial charge in [-0.15, -0.1) is 0 Å². The minimum absolute atomic E-state index is 0.0833. The smallest absolute Gasteiger partial charge is 0.231 e. The first kappa shape index (κ1) is 11.9. The zero-order valence-corrected chi connectivity index (χ0v) is 7.89. The van der Waals surface area contributed by atoms with E-state index in [0.29, 0.717) is 0 Å². The Morgan fingerprint density at radius 3 is 1.92 bits per heavy atom. The molecule has 1 aliphatic heterocycles. The third-order valence-corrected chi connectivity index (χ3v) is 1.74. The monoisotopic (exact) mass is 176 g/mol. The molecule has 0 saturated carbocycles. The van der Waals surface area contributed by atoms with Crippen LogP contribution in [-0.2, 0) is 0 Å². The predicted molar refractivity (Wildman–Crippen MR) is 49.2 cm³/mol. The molecule has 12 heavy (non-hydrogen) atoms. The van der Waals surface area contributed by atoms with Gasteiger partial charge in [0.15, 0.2) is 0 Å². The van der Waals surface area contributed by atoms with Gasteiger partial charge in [-0.05, 0) is 39.3 Å². The van der Waals surface area contributed by atoms with E-state index in [1.807, 2.05) is 0 Å². The molecule has 1 nitrogen and oxygen atoms in total. The van der Waals surface area contributed by atoms with Gasteiger partial charge in [0.05, 0.1) is 0 Å². The molecule has 1 rings (SSSR count). The molecule has 0 aromatic heterocycles. The van der Waals surface area contributed by atoms with Crippen molar-refractivity contribution < 1.29 is 8.78 Å². The first-order chi connectivity index (χ1) is 5.66. The van der Waals surface area contributed by atoms with E-state index in [-0.39, 0.29) is 6.32 Å². The topological polar surface area (TPSA) is 3.24 Å². The maximum atomic E-state index is 11.0. The molecule has 1 fully saturated rings. The highest BCUT2D eigenvalue weighted by Crippen LogP contribution is 2.02. The number of alkyl halides is 2. The van der Waals surface area contributed by atoms with Crippen LogP contribution in [-0.4, -0.2) is 38.7 Å². The SMILES string of the molecule is CN1CCCC1.C[B]CC(F)F. The molecule has 0 aliphatic carbocycles. The molecular weight excluding hydrogens is 159 g/mol. The third kappa shape index (κ3) is 7.99. The van der Waals surface area contributed by atoms with E-state index in [1.54, 1.807) is 6.82 Å². The highest BCUT2D eigenvalue weighted by Gasteiger charge is 2.03. The molecular formula is C8H17BF2N. The second-order valence-corrected chi connectivity index (χ2v) is 3.05. The van der Waals surface area contributed by atoms with Crippen molar-refractivity contribution in [2.75, 3.05) is 20.1 Å². The van der Waals surface area contributed by atoms with Crippen LogP contribution in [0.4, 0.5) is 8.78 Å². The Bertz CT molecular complexity index is 95.1. The van der Waals surface area contributed by atoms with Gasteiger partial charge in [-0.1, -0.05) is 6.82 Å². The Kier molecular flexibility index (Phi) is 7.46. The summed E-state index contributed by atoms with van der Waals surface area (Å²) in [4.78, 5) is 2.36. The number of likely N-dealkylation sites (tertiary alicyclic amines) is 1. The summed E-state index contributed by atoms with van der Waals surface area (Å²) < 4.78 is 22.0. The molecule has 0 bridgehead atoms. The van der Waals surface area contributed by atoms with Crippen molar-refractivity contribution in [3.05, 3.63) is 0 Å². The Hall–Kier alpha value is -0.115. The molecule has 0 unspecified atom stereocenters. The number of hydrogen-bond donors (Lipinski definition) is 0. The van der Waals surface area contributed by atoms with Crippen molar-refractivity contribution in [1.82, 2.24) is 4.90 Å². The predicted octanol–water partition coefficient (Wildman–Crippen LogP) is 2.13. The fourth-order valence-corrected chi connectivity index (χ4v) is 1.05. The Morgan fingerprint density at radius 2 is 1.83 bits per heavy atom. The van der Waals surface area contributed by atoms with E-state index >= 15 is 0 Å². The van der Waals surface area contributed by atoms with E-state index < -0.39 is 6.43 Å². The van der Waals surface area contributed by atoms with E-state index in [1.165, 1.54) is 33.2 Å². The average Bonchev–Trinajstić information content (AvgIpc) is 2.40. The highest BCUT2D eigenvalue weighted by atomic mass is 19.3. The quantitative estimate of drug-likeness (QED) is 0.582. The molecule has 0 aromatic rings. The molecule has 1 aliphatic rings. The van der Waals surface area contributed by atoms with Gasteiger partial charge in [-0.25, -0.2) is 8.78 Å².